The Labute approximate surface area is 267 Å². The van der Waals surface area contributed by atoms with Gasteiger partial charge in [0.05, 0.1) is 21.8 Å². The van der Waals surface area contributed by atoms with E-state index < -0.39 is 22.8 Å². The van der Waals surface area contributed by atoms with Crippen molar-refractivity contribution < 1.29 is 13.0 Å². The fourth-order valence-corrected chi connectivity index (χ4v) is 12.3. The van der Waals surface area contributed by atoms with E-state index in [-0.39, 0.29) is 4.90 Å². The van der Waals surface area contributed by atoms with Gasteiger partial charge in [-0.1, -0.05) is 133 Å². The first-order valence-electron chi connectivity index (χ1n) is 14.7. The van der Waals surface area contributed by atoms with Crippen LogP contribution in [-0.2, 0) is 14.6 Å². The van der Waals surface area contributed by atoms with E-state index in [0.717, 1.165) is 27.0 Å². The highest BCUT2D eigenvalue weighted by molar-refractivity contribution is 7.90. The fourth-order valence-electron chi connectivity index (χ4n) is 6.14. The zero-order chi connectivity index (χ0) is 31.0. The second-order valence-electron chi connectivity index (χ2n) is 11.0. The molecule has 7 aromatic rings. The Morgan fingerprint density at radius 1 is 0.644 bits per heavy atom. The minimum atomic E-state index is -4.16. The molecule has 0 aliphatic heterocycles. The monoisotopic (exact) mass is 643 g/mol. The van der Waals surface area contributed by atoms with Crippen molar-refractivity contribution >= 4 is 50.0 Å². The van der Waals surface area contributed by atoms with Crippen molar-refractivity contribution in [2.24, 2.45) is 0 Å². The molecular weight excluding hydrogens is 614 g/mol. The van der Waals surface area contributed by atoms with E-state index in [0.29, 0.717) is 21.8 Å². The third-order valence-corrected chi connectivity index (χ3v) is 14.4. The van der Waals surface area contributed by atoms with Crippen LogP contribution in [0.1, 0.15) is 21.8 Å². The number of aryl methyl sites for hydroxylation is 1. The van der Waals surface area contributed by atoms with Gasteiger partial charge in [0.2, 0.25) is 0 Å². The highest BCUT2D eigenvalue weighted by Crippen LogP contribution is 2.63. The largest absolute Gasteiger partial charge is 0.313 e. The smallest absolute Gasteiger partial charge is 0.268 e. The Kier molecular flexibility index (Phi) is 7.66. The van der Waals surface area contributed by atoms with Crippen LogP contribution in [0.2, 0.25) is 0 Å². The van der Waals surface area contributed by atoms with Gasteiger partial charge in [0.25, 0.3) is 10.0 Å². The Hall–Kier alpha value is -4.48. The van der Waals surface area contributed by atoms with Crippen LogP contribution in [0, 0.1) is 6.92 Å². The van der Waals surface area contributed by atoms with E-state index in [4.69, 9.17) is 0 Å². The summed E-state index contributed by atoms with van der Waals surface area (Å²) in [5, 5.41) is 4.08. The van der Waals surface area contributed by atoms with Crippen LogP contribution in [0.5, 0.6) is 0 Å². The van der Waals surface area contributed by atoms with E-state index in [1.54, 1.807) is 12.1 Å². The maximum Gasteiger partial charge on any atom is 0.268 e. The molecule has 7 rings (SSSR count). The molecule has 0 radical (unpaired) electrons. The van der Waals surface area contributed by atoms with E-state index >= 15 is 4.57 Å². The van der Waals surface area contributed by atoms with Gasteiger partial charge in [-0.3, -0.25) is 0 Å². The summed E-state index contributed by atoms with van der Waals surface area (Å²) in [5.41, 5.74) is 2.79. The van der Waals surface area contributed by atoms with Crippen LogP contribution in [0.4, 0.5) is 0 Å². The third kappa shape index (κ3) is 5.00. The molecule has 0 aliphatic carbocycles. The van der Waals surface area contributed by atoms with Crippen LogP contribution >= 0.6 is 18.5 Å². The lowest BCUT2D eigenvalue weighted by molar-refractivity contribution is 0.580. The van der Waals surface area contributed by atoms with Crippen LogP contribution in [0.3, 0.4) is 0 Å². The number of nitrogens with zero attached hydrogens (tertiary/aromatic N) is 1. The normalized spacial score (nSPS) is 12.7. The summed E-state index contributed by atoms with van der Waals surface area (Å²) in [6.07, 6.45) is 0. The summed E-state index contributed by atoms with van der Waals surface area (Å²) < 4.78 is 47.8. The Morgan fingerprint density at radius 3 is 1.78 bits per heavy atom. The lowest BCUT2D eigenvalue weighted by atomic mass is 10.00. The summed E-state index contributed by atoms with van der Waals surface area (Å²) in [7, 11) is -7.78. The van der Waals surface area contributed by atoms with Crippen molar-refractivity contribution in [3.63, 3.8) is 0 Å². The van der Waals surface area contributed by atoms with Gasteiger partial charge in [-0.25, -0.2) is 12.4 Å². The minimum absolute atomic E-state index is 0.175. The van der Waals surface area contributed by atoms with E-state index in [9.17, 15) is 8.42 Å². The number of para-hydroxylation sites is 1. The molecule has 0 N–H and O–H groups in total. The van der Waals surface area contributed by atoms with Gasteiger partial charge >= 0.3 is 0 Å². The first-order chi connectivity index (χ1) is 21.9. The molecule has 0 amide bonds. The molecule has 0 saturated heterocycles. The van der Waals surface area contributed by atoms with Crippen molar-refractivity contribution in [2.75, 3.05) is 0 Å². The zero-order valence-corrected chi connectivity index (χ0v) is 27.1. The van der Waals surface area contributed by atoms with Gasteiger partial charge in [-0.15, -0.1) is 11.3 Å². The molecule has 0 saturated carbocycles. The van der Waals surface area contributed by atoms with Crippen LogP contribution in [0.15, 0.2) is 162 Å². The molecule has 0 spiro atoms. The molecule has 1 unspecified atom stereocenters. The minimum Gasteiger partial charge on any atom is -0.313 e. The maximum atomic E-state index is 16.3. The van der Waals surface area contributed by atoms with Crippen LogP contribution < -0.4 is 10.6 Å². The van der Waals surface area contributed by atoms with Crippen LogP contribution in [0.25, 0.3) is 22.0 Å². The lowest BCUT2D eigenvalue weighted by Gasteiger charge is -2.30. The summed E-state index contributed by atoms with van der Waals surface area (Å²) in [4.78, 5) is 1.00. The summed E-state index contributed by atoms with van der Waals surface area (Å²) in [5.74, 6) is 0. The van der Waals surface area contributed by atoms with E-state index in [2.05, 4.69) is 0 Å². The third-order valence-electron chi connectivity index (χ3n) is 8.20. The number of hydrogen-bond acceptors (Lipinski definition) is 4. The molecule has 2 aromatic heterocycles. The van der Waals surface area contributed by atoms with Crippen molar-refractivity contribution in [1.82, 2.24) is 3.97 Å². The molecule has 0 aliphatic rings. The predicted octanol–water partition coefficient (Wildman–Crippen LogP) is 9.02. The highest BCUT2D eigenvalue weighted by Gasteiger charge is 2.45. The van der Waals surface area contributed by atoms with Gasteiger partial charge in [-0.2, -0.15) is 0 Å². The number of rotatable bonds is 8. The van der Waals surface area contributed by atoms with Gasteiger partial charge in [0, 0.05) is 26.4 Å². The SMILES string of the molecule is Cc1ccc(S(=O)(=O)n2c(C(c3cccs3)P(=O)(c3ccccc3)c3ccccc3)c(-c3ccccc3)c3ccccc32)cc1. The summed E-state index contributed by atoms with van der Waals surface area (Å²) in [6, 6.07) is 47.3. The molecule has 45 heavy (non-hydrogen) atoms. The van der Waals surface area contributed by atoms with Gasteiger partial charge in [0.15, 0.2) is 7.14 Å². The van der Waals surface area contributed by atoms with E-state index in [1.807, 2.05) is 152 Å². The molecule has 2 heterocycles. The number of benzene rings is 5. The predicted molar refractivity (Wildman–Crippen MR) is 187 cm³/mol. The Morgan fingerprint density at radius 2 is 1.20 bits per heavy atom. The number of fused-ring (bicyclic) bond motifs is 1. The Balaban J connectivity index is 1.70. The number of aromatic nitrogens is 1. The fraction of sp³-hybridized carbons (Fsp3) is 0.0526. The molecular formula is C38H30NO3PS2. The van der Waals surface area contributed by atoms with Crippen molar-refractivity contribution in [2.45, 2.75) is 17.5 Å². The van der Waals surface area contributed by atoms with Crippen molar-refractivity contribution in [3.8, 4) is 11.1 Å². The molecule has 0 fully saturated rings. The molecule has 222 valence electrons. The van der Waals surface area contributed by atoms with Gasteiger partial charge in [0.1, 0.15) is 0 Å². The average molecular weight is 644 g/mol. The van der Waals surface area contributed by atoms with Crippen LogP contribution in [-0.4, -0.2) is 12.4 Å². The standard InChI is InChI=1S/C38H30NO3PS2/c1-28-23-25-32(26-24-28)45(41,42)39-34-21-12-11-20-33(34)36(29-14-5-2-6-15-29)37(39)38(35-22-13-27-44-35)43(40,30-16-7-3-8-17-30)31-18-9-4-10-19-31/h2-27,38H,1H3. The van der Waals surface area contributed by atoms with Crippen molar-refractivity contribution in [3.05, 3.63) is 173 Å². The first-order valence-corrected chi connectivity index (χ1v) is 18.8. The highest BCUT2D eigenvalue weighted by atomic mass is 32.2. The average Bonchev–Trinajstić information content (AvgIpc) is 3.73. The maximum absolute atomic E-state index is 16.3. The zero-order valence-electron chi connectivity index (χ0n) is 24.5. The molecule has 7 heteroatoms. The summed E-state index contributed by atoms with van der Waals surface area (Å²) in [6.45, 7) is 1.93. The van der Waals surface area contributed by atoms with Gasteiger partial charge < -0.3 is 4.57 Å². The lowest BCUT2D eigenvalue weighted by Crippen LogP contribution is -2.25. The number of hydrogen-bond donors (Lipinski definition) is 0. The van der Waals surface area contributed by atoms with Gasteiger partial charge in [-0.05, 0) is 42.1 Å². The topological polar surface area (TPSA) is 56.1 Å². The van der Waals surface area contributed by atoms with E-state index in [1.165, 1.54) is 15.3 Å². The molecule has 0 bridgehead atoms. The first kappa shape index (κ1) is 29.2. The molecule has 4 nitrogen and oxygen atoms in total. The Bertz CT molecular complexity index is 2200. The second-order valence-corrected chi connectivity index (χ2v) is 16.6. The molecule has 1 atom stereocenters. The quantitative estimate of drug-likeness (QED) is 0.155. The number of thiophene rings is 1. The summed E-state index contributed by atoms with van der Waals surface area (Å²) >= 11 is 1.49. The second kappa shape index (κ2) is 11.8. The molecule has 5 aromatic carbocycles. The van der Waals surface area contributed by atoms with Crippen molar-refractivity contribution in [1.29, 1.82) is 0 Å².